The molecule has 2 aromatic heterocycles. The van der Waals surface area contributed by atoms with Crippen LogP contribution in [0.25, 0.3) is 11.0 Å². The minimum atomic E-state index is -0.183. The molecule has 2 heterocycles. The molecule has 1 aromatic carbocycles. The minimum absolute atomic E-state index is 0.0359. The van der Waals surface area contributed by atoms with E-state index < -0.39 is 0 Å². The first kappa shape index (κ1) is 25.8. The molecular weight excluding hydrogens is 452 g/mol. The van der Waals surface area contributed by atoms with Crippen molar-refractivity contribution in [3.05, 3.63) is 36.0 Å². The van der Waals surface area contributed by atoms with Gasteiger partial charge in [0.1, 0.15) is 11.6 Å². The number of thioether (sulfide) groups is 1. The normalized spacial score (nSPS) is 11.4. The van der Waals surface area contributed by atoms with Gasteiger partial charge in [-0.15, -0.1) is 0 Å². The van der Waals surface area contributed by atoms with E-state index in [4.69, 9.17) is 14.5 Å². The van der Waals surface area contributed by atoms with Gasteiger partial charge in [0.15, 0.2) is 17.4 Å². The minimum Gasteiger partial charge on any atom is -0.484 e. The van der Waals surface area contributed by atoms with Gasteiger partial charge in [-0.2, -0.15) is 5.10 Å². The molecule has 10 heteroatoms. The number of nitrogens with zero attached hydrogens (tertiary/aromatic N) is 4. The van der Waals surface area contributed by atoms with E-state index in [1.165, 1.54) is 5.56 Å². The van der Waals surface area contributed by atoms with Gasteiger partial charge in [-0.25, -0.2) is 14.6 Å². The van der Waals surface area contributed by atoms with E-state index in [0.29, 0.717) is 48.3 Å². The Labute approximate surface area is 205 Å². The number of amides is 1. The summed E-state index contributed by atoms with van der Waals surface area (Å²) in [5.41, 5.74) is 1.97. The molecule has 1 amide bonds. The lowest BCUT2D eigenvalue weighted by molar-refractivity contribution is -0.123. The largest absolute Gasteiger partial charge is 0.484 e. The van der Waals surface area contributed by atoms with E-state index in [1.807, 2.05) is 24.3 Å². The topological polar surface area (TPSA) is 103 Å². The number of hydrogen-bond acceptors (Lipinski definition) is 8. The Kier molecular flexibility index (Phi) is 9.52. The first-order valence-electron chi connectivity index (χ1n) is 11.5. The molecule has 0 saturated carbocycles. The number of hydrogen-bond donors (Lipinski definition) is 2. The van der Waals surface area contributed by atoms with Crippen molar-refractivity contribution in [2.24, 2.45) is 0 Å². The van der Waals surface area contributed by atoms with Crippen LogP contribution in [0, 0.1) is 0 Å². The summed E-state index contributed by atoms with van der Waals surface area (Å²) in [6.45, 7) is 10.5. The van der Waals surface area contributed by atoms with Crippen LogP contribution in [-0.4, -0.2) is 64.3 Å². The van der Waals surface area contributed by atoms with Crippen LogP contribution in [0.5, 0.6) is 5.75 Å². The Balaban J connectivity index is 1.58. The van der Waals surface area contributed by atoms with Gasteiger partial charge in [0.2, 0.25) is 0 Å². The maximum atomic E-state index is 12.2. The van der Waals surface area contributed by atoms with Gasteiger partial charge in [-0.3, -0.25) is 4.79 Å². The van der Waals surface area contributed by atoms with E-state index >= 15 is 0 Å². The molecule has 0 atom stereocenters. The maximum Gasteiger partial charge on any atom is 0.258 e. The van der Waals surface area contributed by atoms with Gasteiger partial charge in [0, 0.05) is 25.4 Å². The molecule has 0 aliphatic heterocycles. The summed E-state index contributed by atoms with van der Waals surface area (Å²) in [4.78, 5) is 21.6. The molecule has 0 bridgehead atoms. The van der Waals surface area contributed by atoms with Crippen molar-refractivity contribution in [3.8, 4) is 5.75 Å². The lowest BCUT2D eigenvalue weighted by Gasteiger charge is -2.11. The molecule has 0 unspecified atom stereocenters. The first-order valence-corrected chi connectivity index (χ1v) is 12.4. The quantitative estimate of drug-likeness (QED) is 0.214. The highest BCUT2D eigenvalue weighted by Gasteiger charge is 2.14. The van der Waals surface area contributed by atoms with Crippen LogP contribution in [0.4, 0.5) is 5.82 Å². The smallest absolute Gasteiger partial charge is 0.258 e. The molecule has 9 nitrogen and oxygen atoms in total. The van der Waals surface area contributed by atoms with E-state index in [1.54, 1.807) is 29.8 Å². The van der Waals surface area contributed by atoms with Gasteiger partial charge in [-0.1, -0.05) is 51.6 Å². The Hall–Kier alpha value is -2.85. The number of ether oxygens (including phenoxy) is 2. The summed E-state index contributed by atoms with van der Waals surface area (Å²) < 4.78 is 12.5. The van der Waals surface area contributed by atoms with Crippen molar-refractivity contribution in [2.45, 2.75) is 50.6 Å². The van der Waals surface area contributed by atoms with Crippen molar-refractivity contribution >= 4 is 34.5 Å². The average molecular weight is 487 g/mol. The highest BCUT2D eigenvalue weighted by Crippen LogP contribution is 2.26. The second-order valence-corrected chi connectivity index (χ2v) is 9.95. The number of anilines is 1. The molecule has 3 rings (SSSR count). The number of rotatable bonds is 13. The van der Waals surface area contributed by atoms with Crippen LogP contribution >= 0.6 is 11.8 Å². The Morgan fingerprint density at radius 1 is 1.12 bits per heavy atom. The maximum absolute atomic E-state index is 12.2. The second kappa shape index (κ2) is 12.6. The summed E-state index contributed by atoms with van der Waals surface area (Å²) in [5, 5.41) is 12.5. The lowest BCUT2D eigenvalue weighted by atomic mass is 10.0. The van der Waals surface area contributed by atoms with E-state index in [9.17, 15) is 4.79 Å². The first-order chi connectivity index (χ1) is 16.4. The van der Waals surface area contributed by atoms with Gasteiger partial charge < -0.3 is 20.1 Å². The Morgan fingerprint density at radius 2 is 1.88 bits per heavy atom. The predicted molar refractivity (Wildman–Crippen MR) is 136 cm³/mol. The second-order valence-electron chi connectivity index (χ2n) is 8.41. The molecule has 0 aliphatic carbocycles. The number of aromatic nitrogens is 4. The third-order valence-corrected chi connectivity index (χ3v) is 5.84. The molecule has 3 aromatic rings. The zero-order valence-electron chi connectivity index (χ0n) is 20.5. The molecule has 0 radical (unpaired) electrons. The average Bonchev–Trinajstić information content (AvgIpc) is 3.20. The Bertz CT molecular complexity index is 1070. The third-order valence-electron chi connectivity index (χ3n) is 4.98. The van der Waals surface area contributed by atoms with Gasteiger partial charge in [-0.05, 0) is 23.6 Å². The van der Waals surface area contributed by atoms with Gasteiger partial charge >= 0.3 is 0 Å². The summed E-state index contributed by atoms with van der Waals surface area (Å²) in [5.74, 6) is 1.69. The molecule has 2 N–H and O–H groups in total. The molecule has 0 fully saturated rings. The molecule has 0 aliphatic rings. The highest BCUT2D eigenvalue weighted by atomic mass is 32.2. The fraction of sp³-hybridized carbons (Fsp3) is 0.500. The van der Waals surface area contributed by atoms with Crippen molar-refractivity contribution in [1.29, 1.82) is 0 Å². The van der Waals surface area contributed by atoms with Crippen LogP contribution < -0.4 is 15.4 Å². The lowest BCUT2D eigenvalue weighted by Crippen LogP contribution is -2.31. The van der Waals surface area contributed by atoms with E-state index in [0.717, 1.165) is 16.9 Å². The zero-order valence-corrected chi connectivity index (χ0v) is 21.3. The number of methoxy groups -OCH3 is 1. The summed E-state index contributed by atoms with van der Waals surface area (Å²) in [7, 11) is 1.66. The molecule has 34 heavy (non-hydrogen) atoms. The van der Waals surface area contributed by atoms with Crippen LogP contribution in [0.2, 0.25) is 0 Å². The molecule has 184 valence electrons. The third kappa shape index (κ3) is 7.33. The van der Waals surface area contributed by atoms with Crippen LogP contribution in [-0.2, 0) is 16.1 Å². The molecular formula is C24H34N6O3S. The monoisotopic (exact) mass is 486 g/mol. The number of fused-ring (bicyclic) bond motifs is 1. The summed E-state index contributed by atoms with van der Waals surface area (Å²) >= 11 is 1.59. The van der Waals surface area contributed by atoms with Crippen molar-refractivity contribution < 1.29 is 14.3 Å². The van der Waals surface area contributed by atoms with Crippen LogP contribution in [0.15, 0.2) is 35.6 Å². The summed E-state index contributed by atoms with van der Waals surface area (Å²) in [6.07, 6.45) is 1.75. The van der Waals surface area contributed by atoms with E-state index in [-0.39, 0.29) is 12.5 Å². The Morgan fingerprint density at radius 3 is 2.56 bits per heavy atom. The SMILES string of the molecule is COCCNc1nc(SC(C)C)nc2c1cnn2CCNC(=O)COc1ccc(C(C)C)cc1. The van der Waals surface area contributed by atoms with Gasteiger partial charge in [0.05, 0.1) is 24.7 Å². The van der Waals surface area contributed by atoms with E-state index in [2.05, 4.69) is 48.4 Å². The fourth-order valence-corrected chi connectivity index (χ4v) is 3.92. The van der Waals surface area contributed by atoms with Crippen molar-refractivity contribution in [2.75, 3.05) is 38.7 Å². The van der Waals surface area contributed by atoms with Gasteiger partial charge in [0.25, 0.3) is 5.91 Å². The van der Waals surface area contributed by atoms with Crippen LogP contribution in [0.3, 0.4) is 0 Å². The van der Waals surface area contributed by atoms with Crippen molar-refractivity contribution in [1.82, 2.24) is 25.1 Å². The number of nitrogens with one attached hydrogen (secondary N) is 2. The number of carbonyl (C=O) groups excluding carboxylic acids is 1. The van der Waals surface area contributed by atoms with Crippen LogP contribution in [0.1, 0.15) is 39.2 Å². The number of carbonyl (C=O) groups is 1. The summed E-state index contributed by atoms with van der Waals surface area (Å²) in [6, 6.07) is 7.83. The highest BCUT2D eigenvalue weighted by molar-refractivity contribution is 7.99. The van der Waals surface area contributed by atoms with Crippen molar-refractivity contribution in [3.63, 3.8) is 0 Å². The zero-order chi connectivity index (χ0) is 24.5. The number of benzene rings is 1. The fourth-order valence-electron chi connectivity index (χ4n) is 3.22. The predicted octanol–water partition coefficient (Wildman–Crippen LogP) is 3.70. The molecule has 0 saturated heterocycles. The molecule has 0 spiro atoms. The standard InChI is InChI=1S/C24H34N6O3S/c1-16(2)18-6-8-19(9-7-18)33-15-21(31)25-10-12-30-23-20(14-27-30)22(26-11-13-32-5)28-24(29-23)34-17(3)4/h6-9,14,16-17H,10-13,15H2,1-5H3,(H,25,31)(H,26,28,29).